The summed E-state index contributed by atoms with van der Waals surface area (Å²) in [6.45, 7) is 3.51. The number of carbonyl (C=O) groups excluding carboxylic acids is 1. The van der Waals surface area contributed by atoms with Crippen LogP contribution in [0.15, 0.2) is 72.9 Å². The van der Waals surface area contributed by atoms with Crippen molar-refractivity contribution >= 4 is 16.9 Å². The van der Waals surface area contributed by atoms with Gasteiger partial charge in [-0.25, -0.2) is 4.98 Å². The van der Waals surface area contributed by atoms with Gasteiger partial charge in [-0.15, -0.1) is 0 Å². The first-order chi connectivity index (χ1) is 15.7. The van der Waals surface area contributed by atoms with Gasteiger partial charge < -0.3 is 14.2 Å². The van der Waals surface area contributed by atoms with E-state index < -0.39 is 0 Å². The number of amides is 1. The molecule has 2 aromatic heterocycles. The maximum absolute atomic E-state index is 12.7. The summed E-state index contributed by atoms with van der Waals surface area (Å²) >= 11 is 0. The summed E-state index contributed by atoms with van der Waals surface area (Å²) in [6.07, 6.45) is 3.54. The van der Waals surface area contributed by atoms with E-state index in [-0.39, 0.29) is 18.6 Å². The van der Waals surface area contributed by atoms with Crippen LogP contribution in [0.5, 0.6) is 5.75 Å². The number of hydrogen-bond acceptors (Lipinski definition) is 4. The van der Waals surface area contributed by atoms with Crippen LogP contribution in [0.25, 0.3) is 22.6 Å². The maximum atomic E-state index is 12.7. The number of likely N-dealkylation sites (tertiary alicyclic amines) is 1. The lowest BCUT2D eigenvalue weighted by Gasteiger charge is -2.33. The minimum Gasteiger partial charge on any atom is -0.484 e. The molecule has 3 heterocycles. The van der Waals surface area contributed by atoms with Crippen molar-refractivity contribution in [2.24, 2.45) is 0 Å². The molecule has 1 aliphatic rings. The van der Waals surface area contributed by atoms with Gasteiger partial charge >= 0.3 is 0 Å². The lowest BCUT2D eigenvalue weighted by molar-refractivity contribution is -0.134. The number of piperidine rings is 1. The monoisotopic (exact) mass is 426 g/mol. The van der Waals surface area contributed by atoms with E-state index in [1.54, 1.807) is 6.20 Å². The van der Waals surface area contributed by atoms with Crippen LogP contribution in [0.3, 0.4) is 0 Å². The molecule has 0 atom stereocenters. The Labute approximate surface area is 187 Å². The van der Waals surface area contributed by atoms with Gasteiger partial charge in [-0.1, -0.05) is 35.9 Å². The molecule has 1 amide bonds. The van der Waals surface area contributed by atoms with E-state index in [1.165, 1.54) is 5.56 Å². The Morgan fingerprint density at radius 3 is 2.50 bits per heavy atom. The average Bonchev–Trinajstić information content (AvgIpc) is 3.24. The number of para-hydroxylation sites is 2. The predicted molar refractivity (Wildman–Crippen MR) is 124 cm³/mol. The minimum absolute atomic E-state index is 0.0319. The second-order valence-corrected chi connectivity index (χ2v) is 8.22. The molecular weight excluding hydrogens is 400 g/mol. The van der Waals surface area contributed by atoms with Crippen molar-refractivity contribution in [3.05, 3.63) is 78.5 Å². The number of hydrogen-bond donors (Lipinski definition) is 0. The Hall–Kier alpha value is -3.67. The highest BCUT2D eigenvalue weighted by Gasteiger charge is 2.27. The topological polar surface area (TPSA) is 60.2 Å². The second kappa shape index (κ2) is 8.83. The predicted octanol–water partition coefficient (Wildman–Crippen LogP) is 4.65. The van der Waals surface area contributed by atoms with Gasteiger partial charge in [0.25, 0.3) is 5.91 Å². The third kappa shape index (κ3) is 4.08. The molecular formula is C26H26N4O2. The fourth-order valence-electron chi connectivity index (χ4n) is 4.33. The number of carbonyl (C=O) groups is 1. The molecule has 0 N–H and O–H groups in total. The molecule has 0 unspecified atom stereocenters. The molecule has 1 aliphatic heterocycles. The largest absolute Gasteiger partial charge is 0.484 e. The molecule has 6 heteroatoms. The molecule has 0 saturated carbocycles. The van der Waals surface area contributed by atoms with Gasteiger partial charge in [-0.2, -0.15) is 0 Å². The van der Waals surface area contributed by atoms with Gasteiger partial charge in [0.1, 0.15) is 11.4 Å². The Bertz CT molecular complexity index is 1210. The van der Waals surface area contributed by atoms with Crippen LogP contribution in [0.2, 0.25) is 0 Å². The molecule has 5 rings (SSSR count). The number of pyridine rings is 1. The SMILES string of the molecule is Cc1ccc(OCC(=O)N2CCC(n3c(-c4ccccn4)nc4ccccc43)CC2)cc1. The molecule has 0 radical (unpaired) electrons. The second-order valence-electron chi connectivity index (χ2n) is 8.22. The lowest BCUT2D eigenvalue weighted by atomic mass is 10.0. The zero-order valence-corrected chi connectivity index (χ0v) is 18.1. The van der Waals surface area contributed by atoms with Crippen molar-refractivity contribution in [1.29, 1.82) is 0 Å². The van der Waals surface area contributed by atoms with Gasteiger partial charge in [-0.3, -0.25) is 9.78 Å². The van der Waals surface area contributed by atoms with E-state index in [9.17, 15) is 4.79 Å². The van der Waals surface area contributed by atoms with Crippen LogP contribution < -0.4 is 4.74 Å². The average molecular weight is 427 g/mol. The standard InChI is InChI=1S/C26H26N4O2/c1-19-9-11-21(12-10-19)32-18-25(31)29-16-13-20(14-17-29)30-24-8-3-2-6-22(24)28-26(30)23-7-4-5-15-27-23/h2-12,15,20H,13-14,16-18H2,1H3. The van der Waals surface area contributed by atoms with Crippen LogP contribution in [-0.4, -0.2) is 45.0 Å². The van der Waals surface area contributed by atoms with Crippen molar-refractivity contribution in [2.75, 3.05) is 19.7 Å². The summed E-state index contributed by atoms with van der Waals surface area (Å²) in [5.74, 6) is 1.65. The molecule has 1 fully saturated rings. The zero-order chi connectivity index (χ0) is 21.9. The molecule has 1 saturated heterocycles. The Kier molecular flexibility index (Phi) is 5.58. The molecule has 32 heavy (non-hydrogen) atoms. The van der Waals surface area contributed by atoms with Crippen LogP contribution >= 0.6 is 0 Å². The summed E-state index contributed by atoms with van der Waals surface area (Å²) < 4.78 is 8.00. The Morgan fingerprint density at radius 1 is 1.00 bits per heavy atom. The number of fused-ring (bicyclic) bond motifs is 1. The third-order valence-electron chi connectivity index (χ3n) is 6.06. The number of benzene rings is 2. The summed E-state index contributed by atoms with van der Waals surface area (Å²) in [4.78, 5) is 24.0. The normalized spacial score (nSPS) is 14.6. The highest BCUT2D eigenvalue weighted by atomic mass is 16.5. The number of aromatic nitrogens is 3. The van der Waals surface area contributed by atoms with Crippen molar-refractivity contribution in [3.8, 4) is 17.3 Å². The molecule has 0 aliphatic carbocycles. The van der Waals surface area contributed by atoms with E-state index in [2.05, 4.69) is 15.6 Å². The van der Waals surface area contributed by atoms with E-state index >= 15 is 0 Å². The van der Waals surface area contributed by atoms with Gasteiger partial charge in [0, 0.05) is 25.3 Å². The van der Waals surface area contributed by atoms with Gasteiger partial charge in [0.05, 0.1) is 11.0 Å². The Morgan fingerprint density at radius 2 is 1.75 bits per heavy atom. The molecule has 2 aromatic carbocycles. The highest BCUT2D eigenvalue weighted by Crippen LogP contribution is 2.32. The molecule has 162 valence electrons. The number of ether oxygens (including phenoxy) is 1. The van der Waals surface area contributed by atoms with Crippen LogP contribution in [0.1, 0.15) is 24.4 Å². The van der Waals surface area contributed by atoms with Crippen molar-refractivity contribution in [3.63, 3.8) is 0 Å². The lowest BCUT2D eigenvalue weighted by Crippen LogP contribution is -2.41. The summed E-state index contributed by atoms with van der Waals surface area (Å²) in [5.41, 5.74) is 4.12. The van der Waals surface area contributed by atoms with Gasteiger partial charge in [-0.05, 0) is 56.2 Å². The molecule has 4 aromatic rings. The van der Waals surface area contributed by atoms with Crippen molar-refractivity contribution in [2.45, 2.75) is 25.8 Å². The molecule has 0 bridgehead atoms. The van der Waals surface area contributed by atoms with Gasteiger partial charge in [0.15, 0.2) is 12.4 Å². The maximum Gasteiger partial charge on any atom is 0.260 e. The van der Waals surface area contributed by atoms with E-state index in [4.69, 9.17) is 9.72 Å². The first-order valence-electron chi connectivity index (χ1n) is 11.0. The molecule has 6 nitrogen and oxygen atoms in total. The van der Waals surface area contributed by atoms with E-state index in [1.807, 2.05) is 72.5 Å². The number of imidazole rings is 1. The summed E-state index contributed by atoms with van der Waals surface area (Å²) in [7, 11) is 0. The van der Waals surface area contributed by atoms with E-state index in [0.29, 0.717) is 13.1 Å². The smallest absolute Gasteiger partial charge is 0.260 e. The van der Waals surface area contributed by atoms with Crippen LogP contribution in [-0.2, 0) is 4.79 Å². The number of rotatable bonds is 5. The quantitative estimate of drug-likeness (QED) is 0.466. The minimum atomic E-state index is 0.0319. The fourth-order valence-corrected chi connectivity index (χ4v) is 4.33. The summed E-state index contributed by atoms with van der Waals surface area (Å²) in [5, 5.41) is 0. The summed E-state index contributed by atoms with van der Waals surface area (Å²) in [6, 6.07) is 22.2. The highest BCUT2D eigenvalue weighted by molar-refractivity contribution is 5.80. The van der Waals surface area contributed by atoms with Crippen molar-refractivity contribution in [1.82, 2.24) is 19.4 Å². The number of nitrogens with zero attached hydrogens (tertiary/aromatic N) is 4. The van der Waals surface area contributed by atoms with Crippen LogP contribution in [0, 0.1) is 6.92 Å². The van der Waals surface area contributed by atoms with E-state index in [0.717, 1.165) is 41.1 Å². The Balaban J connectivity index is 1.30. The van der Waals surface area contributed by atoms with Crippen molar-refractivity contribution < 1.29 is 9.53 Å². The molecule has 0 spiro atoms. The zero-order valence-electron chi connectivity index (χ0n) is 18.1. The fraction of sp³-hybridized carbons (Fsp3) is 0.269. The van der Waals surface area contributed by atoms with Gasteiger partial charge in [0.2, 0.25) is 0 Å². The number of aryl methyl sites for hydroxylation is 1. The third-order valence-corrected chi connectivity index (χ3v) is 6.06. The first kappa shape index (κ1) is 20.2. The first-order valence-corrected chi connectivity index (χ1v) is 11.0. The van der Waals surface area contributed by atoms with Crippen LogP contribution in [0.4, 0.5) is 0 Å².